The SMILES string of the molecule is c1ccc(-c2ccccc2-c2ccccc2-c2ccccc2N(c2ccc(-c3cccc4ccccc34)cc2)c2ccc3c(c2)C(c2ccccc2)(c2ccccc2)c2ccccc2-3)cc1. The van der Waals surface area contributed by atoms with Crippen LogP contribution < -0.4 is 4.90 Å². The van der Waals surface area contributed by atoms with Gasteiger partial charge in [-0.15, -0.1) is 0 Å². The van der Waals surface area contributed by atoms with Crippen LogP contribution in [0.2, 0.25) is 0 Å². The minimum atomic E-state index is -0.540. The van der Waals surface area contributed by atoms with E-state index in [0.717, 1.165) is 22.6 Å². The second-order valence-electron chi connectivity index (χ2n) is 17.1. The second kappa shape index (κ2) is 16.6. The quantitative estimate of drug-likeness (QED) is 0.140. The molecule has 0 saturated heterocycles. The number of hydrogen-bond acceptors (Lipinski definition) is 1. The summed E-state index contributed by atoms with van der Waals surface area (Å²) in [5.74, 6) is 0. The summed E-state index contributed by atoms with van der Waals surface area (Å²) in [4.78, 5) is 2.48. The molecule has 0 heterocycles. The van der Waals surface area contributed by atoms with Crippen LogP contribution in [0.3, 0.4) is 0 Å². The number of benzene rings is 11. The molecule has 310 valence electrons. The van der Waals surface area contributed by atoms with Gasteiger partial charge in [0.15, 0.2) is 0 Å². The van der Waals surface area contributed by atoms with Crippen molar-refractivity contribution < 1.29 is 0 Å². The Morgan fingerprint density at radius 3 is 1.41 bits per heavy atom. The second-order valence-corrected chi connectivity index (χ2v) is 17.1. The largest absolute Gasteiger partial charge is 0.310 e. The van der Waals surface area contributed by atoms with Gasteiger partial charge in [-0.25, -0.2) is 0 Å². The first-order chi connectivity index (χ1) is 32.8. The summed E-state index contributed by atoms with van der Waals surface area (Å²) < 4.78 is 0. The number of fused-ring (bicyclic) bond motifs is 4. The fourth-order valence-corrected chi connectivity index (χ4v) is 10.7. The minimum Gasteiger partial charge on any atom is -0.310 e. The Hall–Kier alpha value is -8.52. The molecule has 0 atom stereocenters. The van der Waals surface area contributed by atoms with E-state index in [1.54, 1.807) is 0 Å². The van der Waals surface area contributed by atoms with Gasteiger partial charge in [-0.1, -0.05) is 243 Å². The van der Waals surface area contributed by atoms with Crippen LogP contribution in [0.5, 0.6) is 0 Å². The number of rotatable bonds is 9. The highest BCUT2D eigenvalue weighted by Crippen LogP contribution is 2.57. The van der Waals surface area contributed by atoms with E-state index < -0.39 is 5.41 Å². The number of anilines is 3. The summed E-state index contributed by atoms with van der Waals surface area (Å²) in [6, 6.07) is 100. The van der Waals surface area contributed by atoms with Gasteiger partial charge < -0.3 is 4.90 Å². The fourth-order valence-electron chi connectivity index (χ4n) is 10.7. The molecule has 66 heavy (non-hydrogen) atoms. The third-order valence-electron chi connectivity index (χ3n) is 13.6. The first kappa shape index (κ1) is 39.1. The van der Waals surface area contributed by atoms with Crippen molar-refractivity contribution in [3.63, 3.8) is 0 Å². The average Bonchev–Trinajstić information content (AvgIpc) is 3.70. The smallest absolute Gasteiger partial charge is 0.0714 e. The fraction of sp³-hybridized carbons (Fsp3) is 0.0154. The summed E-state index contributed by atoms with van der Waals surface area (Å²) in [7, 11) is 0. The summed E-state index contributed by atoms with van der Waals surface area (Å²) in [5, 5.41) is 2.49. The molecule has 0 radical (unpaired) electrons. The van der Waals surface area contributed by atoms with Crippen LogP contribution in [0, 0.1) is 0 Å². The lowest BCUT2D eigenvalue weighted by atomic mass is 9.67. The molecule has 0 saturated carbocycles. The van der Waals surface area contributed by atoms with Crippen molar-refractivity contribution in [2.24, 2.45) is 0 Å². The first-order valence-corrected chi connectivity index (χ1v) is 22.8. The van der Waals surface area contributed by atoms with Gasteiger partial charge in [0.1, 0.15) is 0 Å². The first-order valence-electron chi connectivity index (χ1n) is 22.8. The van der Waals surface area contributed by atoms with Crippen LogP contribution in [-0.2, 0) is 5.41 Å². The highest BCUT2D eigenvalue weighted by Gasteiger charge is 2.46. The molecule has 0 fully saturated rings. The molecule has 0 spiro atoms. The van der Waals surface area contributed by atoms with E-state index >= 15 is 0 Å². The number of hydrogen-bond donors (Lipinski definition) is 0. The standard InChI is InChI=1S/C65H45N/c1-4-21-46(22-5-1)55-30-12-13-31-56(55)57-32-14-15-33-58(57)61-35-17-19-38-64(61)66(51-41-39-48(40-42-51)54-36-20-24-47-23-10-11-29-53(47)54)52-43-44-60-59-34-16-18-37-62(59)65(63(60)45-52,49-25-6-2-7-26-49)50-27-8-3-9-28-50/h1-45H. The maximum Gasteiger partial charge on any atom is 0.0714 e. The Labute approximate surface area is 387 Å². The van der Waals surface area contributed by atoms with Gasteiger partial charge in [0.05, 0.1) is 11.1 Å². The maximum atomic E-state index is 2.48. The molecular weight excluding hydrogens is 795 g/mol. The van der Waals surface area contributed by atoms with Gasteiger partial charge in [-0.2, -0.15) is 0 Å². The molecule has 0 bridgehead atoms. The number of para-hydroxylation sites is 1. The molecule has 0 unspecified atom stereocenters. The van der Waals surface area contributed by atoms with Crippen LogP contribution in [0.25, 0.3) is 66.4 Å². The molecule has 12 rings (SSSR count). The summed E-state index contributed by atoms with van der Waals surface area (Å²) in [5.41, 5.74) is 19.8. The van der Waals surface area contributed by atoms with Crippen molar-refractivity contribution in [1.82, 2.24) is 0 Å². The predicted octanol–water partition coefficient (Wildman–Crippen LogP) is 17.3. The van der Waals surface area contributed by atoms with E-state index in [9.17, 15) is 0 Å². The van der Waals surface area contributed by atoms with Crippen molar-refractivity contribution in [1.29, 1.82) is 0 Å². The highest BCUT2D eigenvalue weighted by atomic mass is 15.1. The molecule has 11 aromatic carbocycles. The van der Waals surface area contributed by atoms with Crippen LogP contribution in [0.4, 0.5) is 17.1 Å². The van der Waals surface area contributed by atoms with Gasteiger partial charge in [0.25, 0.3) is 0 Å². The van der Waals surface area contributed by atoms with Crippen LogP contribution in [0.15, 0.2) is 273 Å². The molecule has 0 N–H and O–H groups in total. The van der Waals surface area contributed by atoms with Crippen molar-refractivity contribution >= 4 is 27.8 Å². The minimum absolute atomic E-state index is 0.540. The van der Waals surface area contributed by atoms with Crippen molar-refractivity contribution in [2.75, 3.05) is 4.90 Å². The average molecular weight is 840 g/mol. The summed E-state index contributed by atoms with van der Waals surface area (Å²) >= 11 is 0. The van der Waals surface area contributed by atoms with Gasteiger partial charge >= 0.3 is 0 Å². The van der Waals surface area contributed by atoms with Gasteiger partial charge in [-0.05, 0) is 113 Å². The van der Waals surface area contributed by atoms with Crippen molar-refractivity contribution in [2.45, 2.75) is 5.41 Å². The third-order valence-corrected chi connectivity index (χ3v) is 13.6. The van der Waals surface area contributed by atoms with E-state index in [0.29, 0.717) is 0 Å². The summed E-state index contributed by atoms with van der Waals surface area (Å²) in [6.45, 7) is 0. The summed E-state index contributed by atoms with van der Waals surface area (Å²) in [6.07, 6.45) is 0. The molecule has 0 amide bonds. The van der Waals surface area contributed by atoms with E-state index in [2.05, 4.69) is 278 Å². The van der Waals surface area contributed by atoms with E-state index in [1.807, 2.05) is 0 Å². The van der Waals surface area contributed by atoms with E-state index in [1.165, 1.54) is 83.1 Å². The van der Waals surface area contributed by atoms with Gasteiger partial charge in [0.2, 0.25) is 0 Å². The zero-order valence-electron chi connectivity index (χ0n) is 36.4. The van der Waals surface area contributed by atoms with Gasteiger partial charge in [-0.3, -0.25) is 0 Å². The Balaban J connectivity index is 1.10. The topological polar surface area (TPSA) is 3.24 Å². The number of nitrogens with zero attached hydrogens (tertiary/aromatic N) is 1. The monoisotopic (exact) mass is 839 g/mol. The van der Waals surface area contributed by atoms with Crippen LogP contribution in [-0.4, -0.2) is 0 Å². The van der Waals surface area contributed by atoms with Crippen molar-refractivity contribution in [3.8, 4) is 55.6 Å². The normalized spacial score (nSPS) is 12.4. The molecule has 1 heteroatoms. The molecule has 1 aliphatic carbocycles. The molecule has 1 aliphatic rings. The molecule has 0 aromatic heterocycles. The zero-order chi connectivity index (χ0) is 43.9. The molecule has 11 aromatic rings. The van der Waals surface area contributed by atoms with E-state index in [4.69, 9.17) is 0 Å². The maximum absolute atomic E-state index is 2.48. The highest BCUT2D eigenvalue weighted by molar-refractivity contribution is 6.00. The zero-order valence-corrected chi connectivity index (χ0v) is 36.4. The molecule has 0 aliphatic heterocycles. The van der Waals surface area contributed by atoms with E-state index in [-0.39, 0.29) is 0 Å². The third kappa shape index (κ3) is 6.47. The predicted molar refractivity (Wildman–Crippen MR) is 278 cm³/mol. The Bertz CT molecular complexity index is 3470. The molecule has 1 nitrogen and oxygen atoms in total. The Morgan fingerprint density at radius 1 is 0.258 bits per heavy atom. The van der Waals surface area contributed by atoms with Gasteiger partial charge in [0, 0.05) is 16.9 Å². The molecular formula is C65H45N. The lowest BCUT2D eigenvalue weighted by Crippen LogP contribution is -2.28. The Kier molecular flexibility index (Phi) is 9.81. The lowest BCUT2D eigenvalue weighted by Gasteiger charge is -2.35. The lowest BCUT2D eigenvalue weighted by molar-refractivity contribution is 0.768. The van der Waals surface area contributed by atoms with Crippen molar-refractivity contribution in [3.05, 3.63) is 295 Å². The van der Waals surface area contributed by atoms with Crippen LogP contribution >= 0.6 is 0 Å². The van der Waals surface area contributed by atoms with Crippen LogP contribution in [0.1, 0.15) is 22.3 Å². The Morgan fingerprint density at radius 2 is 0.712 bits per heavy atom.